The summed E-state index contributed by atoms with van der Waals surface area (Å²) in [5, 5.41) is 15.9. The number of para-hydroxylation sites is 2. The van der Waals surface area contributed by atoms with Crippen molar-refractivity contribution < 1.29 is 105 Å². The second-order valence-electron chi connectivity index (χ2n) is 15.2. The number of likely N-dealkylation sites (N-methyl/N-ethyl adjacent to an activating group) is 2. The number of hydrogen-bond acceptors (Lipinski definition) is 1. The van der Waals surface area contributed by atoms with Crippen molar-refractivity contribution in [1.29, 1.82) is 0 Å². The number of hydrogen-bond donors (Lipinski definition) is 2. The molecule has 4 aromatic rings. The Kier molecular flexibility index (Phi) is 26.9. The number of rotatable bonds is 11. The number of nitrogens with one attached hydrogen (secondary N) is 2. The first-order valence-corrected chi connectivity index (χ1v) is 18.7. The second-order valence-corrected chi connectivity index (χ2v) is 15.2. The standard InChI is InChI=1S/2C18H17F5N.C6H16N2.CH3O.Co.Na/c2*1-8(2)10-6-5-7-11(9(3)4)17(10)24-18-15(22)13(20)12(19)14(21)16(18)23;1-7(2)5-6-8(3)4;1-2;;/h2*5-9H,1-4H3;5-6H2,1-4H3;1H3;;/q2*-1;;-1;+2;+1/p+2. The SMILES string of the molecule is CC(C)c1cccc(C(C)C)c1[N-]c1c(F)c(F)c(F)c(F)c1F.CC(C)c1cccc(C(C)C)c1[N-]c1c(F)c(F)c(F)c(F)c1F.C[NH+](C)CC[NH+](C)C.C[O-].[Co+2].[Na+]. The second kappa shape index (κ2) is 27.3. The van der Waals surface area contributed by atoms with E-state index in [0.717, 1.165) is 7.11 Å². The van der Waals surface area contributed by atoms with Crippen LogP contribution in [0, 0.1) is 58.2 Å². The number of quaternary nitrogens is 2. The van der Waals surface area contributed by atoms with Gasteiger partial charge in [-0.2, -0.15) is 7.11 Å². The fraction of sp³-hybridized carbons (Fsp3) is 0.442. The summed E-state index contributed by atoms with van der Waals surface area (Å²) in [4.78, 5) is 3.07. The summed E-state index contributed by atoms with van der Waals surface area (Å²) in [6.07, 6.45) is 0. The molecule has 5 nitrogen and oxygen atoms in total. The molecule has 0 saturated carbocycles. The van der Waals surface area contributed by atoms with E-state index in [2.05, 4.69) is 38.8 Å². The minimum atomic E-state index is -2.19. The van der Waals surface area contributed by atoms with Gasteiger partial charge in [0, 0.05) is 0 Å². The van der Waals surface area contributed by atoms with Crippen molar-refractivity contribution >= 4 is 22.7 Å². The van der Waals surface area contributed by atoms with Gasteiger partial charge in [-0.25, -0.2) is 43.9 Å². The van der Waals surface area contributed by atoms with Gasteiger partial charge in [-0.15, -0.1) is 11.4 Å². The molecule has 0 spiro atoms. The third-order valence-corrected chi connectivity index (χ3v) is 8.63. The number of halogens is 10. The van der Waals surface area contributed by atoms with E-state index in [0.29, 0.717) is 22.3 Å². The van der Waals surface area contributed by atoms with Crippen molar-refractivity contribution in [2.75, 3.05) is 48.4 Å². The molecule has 4 rings (SSSR count). The Labute approximate surface area is 380 Å². The Hall–Kier alpha value is -2.83. The molecule has 0 aliphatic heterocycles. The number of benzene rings is 4. The molecule has 1 radical (unpaired) electrons. The van der Waals surface area contributed by atoms with Crippen LogP contribution in [0.1, 0.15) is 101 Å². The maximum Gasteiger partial charge on any atom is 2.00 e. The van der Waals surface area contributed by atoms with Gasteiger partial charge in [-0.3, -0.25) is 0 Å². The monoisotopic (exact) mass is 915 g/mol. The van der Waals surface area contributed by atoms with Crippen LogP contribution in [-0.4, -0.2) is 48.4 Å². The molecular weight excluding hydrogens is 860 g/mol. The van der Waals surface area contributed by atoms with Crippen molar-refractivity contribution in [1.82, 2.24) is 0 Å². The van der Waals surface area contributed by atoms with Crippen molar-refractivity contribution in [2.24, 2.45) is 0 Å². The minimum absolute atomic E-state index is 0. The van der Waals surface area contributed by atoms with E-state index in [4.69, 9.17) is 5.11 Å². The Bertz CT molecular complexity index is 1710. The smallest absolute Gasteiger partial charge is 0.857 e. The average molecular weight is 916 g/mol. The van der Waals surface area contributed by atoms with Crippen LogP contribution >= 0.6 is 0 Å². The molecule has 2 N–H and O–H groups in total. The van der Waals surface area contributed by atoms with Crippen molar-refractivity contribution in [3.05, 3.63) is 127 Å². The fourth-order valence-corrected chi connectivity index (χ4v) is 5.39. The molecule has 331 valence electrons. The summed E-state index contributed by atoms with van der Waals surface area (Å²) < 4.78 is 136. The first-order valence-electron chi connectivity index (χ1n) is 18.7. The van der Waals surface area contributed by atoms with Crippen molar-refractivity contribution in [3.8, 4) is 0 Å². The Morgan fingerprint density at radius 3 is 0.750 bits per heavy atom. The normalized spacial score (nSPS) is 10.8. The van der Waals surface area contributed by atoms with Crippen LogP contribution in [0.15, 0.2) is 36.4 Å². The van der Waals surface area contributed by atoms with Gasteiger partial charge in [-0.05, 0) is 23.7 Å². The maximum atomic E-state index is 13.9. The Balaban J connectivity index is 0. The maximum absolute atomic E-state index is 13.9. The molecule has 0 aliphatic rings. The molecule has 60 heavy (non-hydrogen) atoms. The minimum Gasteiger partial charge on any atom is -0.857 e. The van der Waals surface area contributed by atoms with E-state index in [1.54, 1.807) is 36.4 Å². The molecule has 0 amide bonds. The third-order valence-electron chi connectivity index (χ3n) is 8.63. The largest absolute Gasteiger partial charge is 2.00 e. The Morgan fingerprint density at radius 1 is 0.400 bits per heavy atom. The fourth-order valence-electron chi connectivity index (χ4n) is 5.39. The van der Waals surface area contributed by atoms with E-state index in [1.165, 1.54) is 22.9 Å². The summed E-state index contributed by atoms with van der Waals surface area (Å²) in [7, 11) is 9.48. The van der Waals surface area contributed by atoms with Gasteiger partial charge in [0.1, 0.15) is 36.4 Å². The van der Waals surface area contributed by atoms with E-state index in [1.807, 2.05) is 55.4 Å². The summed E-state index contributed by atoms with van der Waals surface area (Å²) >= 11 is 0. The average Bonchev–Trinajstić information content (AvgIpc) is 3.18. The van der Waals surface area contributed by atoms with E-state index < -0.39 is 69.5 Å². The molecule has 0 atom stereocenters. The molecule has 4 aromatic carbocycles. The Morgan fingerprint density at radius 2 is 0.583 bits per heavy atom. The quantitative estimate of drug-likeness (QED) is 0.0713. The van der Waals surface area contributed by atoms with Crippen LogP contribution in [0.25, 0.3) is 10.6 Å². The third kappa shape index (κ3) is 15.5. The van der Waals surface area contributed by atoms with Gasteiger partial charge in [0.15, 0.2) is 34.9 Å². The molecule has 17 heteroatoms. The molecule has 0 unspecified atom stereocenters. The van der Waals surface area contributed by atoms with Crippen molar-refractivity contribution in [3.63, 3.8) is 0 Å². The zero-order chi connectivity index (χ0) is 44.9. The molecule has 0 aromatic heterocycles. The zero-order valence-electron chi connectivity index (χ0n) is 36.6. The first kappa shape index (κ1) is 59.3. The van der Waals surface area contributed by atoms with E-state index in [9.17, 15) is 43.9 Å². The molecule has 0 bridgehead atoms. The molecule has 0 aliphatic carbocycles. The van der Waals surface area contributed by atoms with Crippen LogP contribution < -0.4 is 44.5 Å². The van der Waals surface area contributed by atoms with Crippen LogP contribution in [0.4, 0.5) is 66.7 Å². The van der Waals surface area contributed by atoms with E-state index in [-0.39, 0.29) is 81.4 Å². The summed E-state index contributed by atoms with van der Waals surface area (Å²) in [5.74, 6) is -20.3. The van der Waals surface area contributed by atoms with Gasteiger partial charge in [0.05, 0.1) is 28.2 Å². The molecule has 0 heterocycles. The van der Waals surface area contributed by atoms with Crippen LogP contribution in [0.2, 0.25) is 0 Å². The van der Waals surface area contributed by atoms with Crippen LogP contribution in [-0.2, 0) is 16.8 Å². The van der Waals surface area contributed by atoms with Crippen LogP contribution in [0.5, 0.6) is 0 Å². The van der Waals surface area contributed by atoms with Gasteiger partial charge in [0.2, 0.25) is 0 Å². The summed E-state index contributed by atoms with van der Waals surface area (Å²) in [6, 6.07) is 10.5. The van der Waals surface area contributed by atoms with Gasteiger partial charge in [-0.1, -0.05) is 125 Å². The van der Waals surface area contributed by atoms with Crippen molar-refractivity contribution in [2.45, 2.75) is 79.1 Å². The van der Waals surface area contributed by atoms with Gasteiger partial charge >= 0.3 is 46.3 Å². The van der Waals surface area contributed by atoms with E-state index >= 15 is 0 Å². The van der Waals surface area contributed by atoms with Gasteiger partial charge in [0.25, 0.3) is 0 Å². The zero-order valence-corrected chi connectivity index (χ0v) is 39.6. The first-order chi connectivity index (χ1) is 27.0. The topological polar surface area (TPSA) is 60.1 Å². The number of nitrogens with zero attached hydrogens (tertiary/aromatic N) is 2. The molecule has 0 fully saturated rings. The summed E-state index contributed by atoms with van der Waals surface area (Å²) in [5.41, 5.74) is 0.838. The predicted octanol–water partition coefficient (Wildman–Crippen LogP) is 7.19. The van der Waals surface area contributed by atoms with Gasteiger partial charge < -0.3 is 25.5 Å². The summed E-state index contributed by atoms with van der Waals surface area (Å²) in [6.45, 7) is 17.4. The predicted molar refractivity (Wildman–Crippen MR) is 208 cm³/mol. The molecular formula is C43H55CoF10N4NaO+2. The molecule has 0 saturated heterocycles. The van der Waals surface area contributed by atoms with Crippen LogP contribution in [0.3, 0.4) is 0 Å².